The van der Waals surface area contributed by atoms with E-state index >= 15 is 0 Å². The van der Waals surface area contributed by atoms with Gasteiger partial charge in [0.15, 0.2) is 0 Å². The minimum absolute atomic E-state index is 0.245. The number of nitrogens with two attached hydrogens (primary N) is 1. The molecule has 1 aliphatic rings. The summed E-state index contributed by atoms with van der Waals surface area (Å²) in [4.78, 5) is 24.9. The molecule has 0 unspecified atom stereocenters. The van der Waals surface area contributed by atoms with E-state index in [1.165, 1.54) is 6.08 Å². The number of amides is 2. The molecule has 2 amide bonds. The largest absolute Gasteiger partial charge is 0.494 e. The van der Waals surface area contributed by atoms with E-state index in [9.17, 15) is 9.59 Å². The SMILES string of the molecule is CCOc1ccc(C2=CC(=O)N(CCN)C2=O)cc1. The van der Waals surface area contributed by atoms with Crippen LogP contribution < -0.4 is 10.5 Å². The number of nitrogens with zero attached hydrogens (tertiary/aromatic N) is 1. The van der Waals surface area contributed by atoms with Gasteiger partial charge in [-0.05, 0) is 24.6 Å². The Labute approximate surface area is 111 Å². The van der Waals surface area contributed by atoms with Crippen LogP contribution in [0.1, 0.15) is 12.5 Å². The fraction of sp³-hybridized carbons (Fsp3) is 0.286. The maximum Gasteiger partial charge on any atom is 0.261 e. The van der Waals surface area contributed by atoms with Gasteiger partial charge >= 0.3 is 0 Å². The molecule has 1 aromatic carbocycles. The molecule has 19 heavy (non-hydrogen) atoms. The molecular formula is C14H16N2O3. The second kappa shape index (κ2) is 5.67. The summed E-state index contributed by atoms with van der Waals surface area (Å²) in [6.07, 6.45) is 1.35. The summed E-state index contributed by atoms with van der Waals surface area (Å²) in [7, 11) is 0. The van der Waals surface area contributed by atoms with E-state index in [1.54, 1.807) is 24.3 Å². The molecule has 100 valence electrons. The Bertz CT molecular complexity index is 520. The van der Waals surface area contributed by atoms with Gasteiger partial charge in [0.2, 0.25) is 0 Å². The number of hydrogen-bond donors (Lipinski definition) is 1. The number of hydrogen-bond acceptors (Lipinski definition) is 4. The highest BCUT2D eigenvalue weighted by atomic mass is 16.5. The summed E-state index contributed by atoms with van der Waals surface area (Å²) in [6, 6.07) is 7.11. The molecule has 0 aromatic heterocycles. The molecule has 2 N–H and O–H groups in total. The molecule has 0 atom stereocenters. The predicted octanol–water partition coefficient (Wildman–Crippen LogP) is 0.796. The fourth-order valence-electron chi connectivity index (χ4n) is 1.95. The van der Waals surface area contributed by atoms with E-state index < -0.39 is 0 Å². The molecule has 1 heterocycles. The van der Waals surface area contributed by atoms with Crippen LogP contribution in [0.3, 0.4) is 0 Å². The maximum absolute atomic E-state index is 12.1. The summed E-state index contributed by atoms with van der Waals surface area (Å²) in [5.74, 6) is 0.140. The third kappa shape index (κ3) is 2.66. The molecule has 0 bridgehead atoms. The zero-order chi connectivity index (χ0) is 13.8. The van der Waals surface area contributed by atoms with Gasteiger partial charge in [0.05, 0.1) is 12.2 Å². The average molecular weight is 260 g/mol. The first-order chi connectivity index (χ1) is 9.17. The third-order valence-electron chi connectivity index (χ3n) is 2.84. The maximum atomic E-state index is 12.1. The zero-order valence-corrected chi connectivity index (χ0v) is 10.8. The lowest BCUT2D eigenvalue weighted by molar-refractivity contribution is -0.136. The van der Waals surface area contributed by atoms with Crippen molar-refractivity contribution in [3.8, 4) is 5.75 Å². The lowest BCUT2D eigenvalue weighted by Gasteiger charge is -2.13. The second-order valence-corrected chi connectivity index (χ2v) is 4.10. The van der Waals surface area contributed by atoms with Crippen LogP contribution in [-0.2, 0) is 9.59 Å². The summed E-state index contributed by atoms with van der Waals surface area (Å²) in [6.45, 7) is 3.00. The van der Waals surface area contributed by atoms with Crippen LogP contribution >= 0.6 is 0 Å². The Morgan fingerprint density at radius 2 is 1.89 bits per heavy atom. The number of carbonyl (C=O) groups excluding carboxylic acids is 2. The third-order valence-corrected chi connectivity index (χ3v) is 2.84. The number of carbonyl (C=O) groups is 2. The number of ether oxygens (including phenoxy) is 1. The van der Waals surface area contributed by atoms with E-state index in [4.69, 9.17) is 10.5 Å². The van der Waals surface area contributed by atoms with Crippen LogP contribution in [0.15, 0.2) is 30.3 Å². The van der Waals surface area contributed by atoms with Crippen molar-refractivity contribution in [2.45, 2.75) is 6.92 Å². The first kappa shape index (κ1) is 13.3. The molecule has 1 aromatic rings. The lowest BCUT2D eigenvalue weighted by Crippen LogP contribution is -2.35. The van der Waals surface area contributed by atoms with Crippen molar-refractivity contribution in [1.82, 2.24) is 4.90 Å². The number of imide groups is 1. The molecule has 0 fully saturated rings. The highest BCUT2D eigenvalue weighted by Crippen LogP contribution is 2.25. The molecule has 0 radical (unpaired) electrons. The topological polar surface area (TPSA) is 72.6 Å². The summed E-state index contributed by atoms with van der Waals surface area (Å²) < 4.78 is 5.33. The molecule has 0 saturated heterocycles. The van der Waals surface area contributed by atoms with Crippen LogP contribution in [0, 0.1) is 0 Å². The Morgan fingerprint density at radius 1 is 1.21 bits per heavy atom. The van der Waals surface area contributed by atoms with Gasteiger partial charge in [0.25, 0.3) is 11.8 Å². The van der Waals surface area contributed by atoms with Gasteiger partial charge in [-0.3, -0.25) is 14.5 Å². The van der Waals surface area contributed by atoms with Crippen molar-refractivity contribution in [3.05, 3.63) is 35.9 Å². The zero-order valence-electron chi connectivity index (χ0n) is 10.8. The van der Waals surface area contributed by atoms with E-state index in [0.29, 0.717) is 17.7 Å². The summed E-state index contributed by atoms with van der Waals surface area (Å²) in [5, 5.41) is 0. The highest BCUT2D eigenvalue weighted by Gasteiger charge is 2.30. The van der Waals surface area contributed by atoms with Gasteiger partial charge in [-0.25, -0.2) is 0 Å². The van der Waals surface area contributed by atoms with Gasteiger partial charge in [-0.1, -0.05) is 12.1 Å². The molecule has 0 spiro atoms. The quantitative estimate of drug-likeness (QED) is 0.795. The van der Waals surface area contributed by atoms with Gasteiger partial charge in [0, 0.05) is 19.2 Å². The van der Waals surface area contributed by atoms with Crippen molar-refractivity contribution in [2.75, 3.05) is 19.7 Å². The Morgan fingerprint density at radius 3 is 2.47 bits per heavy atom. The number of benzene rings is 1. The van der Waals surface area contributed by atoms with E-state index in [2.05, 4.69) is 0 Å². The minimum atomic E-state index is -0.306. The van der Waals surface area contributed by atoms with Crippen LogP contribution in [0.2, 0.25) is 0 Å². The minimum Gasteiger partial charge on any atom is -0.494 e. The van der Waals surface area contributed by atoms with E-state index in [1.807, 2.05) is 6.92 Å². The van der Waals surface area contributed by atoms with Crippen LogP contribution in [0.5, 0.6) is 5.75 Å². The van der Waals surface area contributed by atoms with Crippen molar-refractivity contribution in [3.63, 3.8) is 0 Å². The standard InChI is InChI=1S/C14H16N2O3/c1-2-19-11-5-3-10(4-6-11)12-9-13(17)16(8-7-15)14(12)18/h3-6,9H,2,7-8,15H2,1H3. The van der Waals surface area contributed by atoms with Crippen molar-refractivity contribution >= 4 is 17.4 Å². The van der Waals surface area contributed by atoms with Crippen LogP contribution in [0.4, 0.5) is 0 Å². The second-order valence-electron chi connectivity index (χ2n) is 4.10. The Kier molecular flexibility index (Phi) is 3.97. The van der Waals surface area contributed by atoms with Crippen LogP contribution in [-0.4, -0.2) is 36.4 Å². The Balaban J connectivity index is 2.20. The van der Waals surface area contributed by atoms with Crippen LogP contribution in [0.25, 0.3) is 5.57 Å². The normalized spacial score (nSPS) is 14.8. The molecule has 5 nitrogen and oxygen atoms in total. The van der Waals surface area contributed by atoms with Crippen molar-refractivity contribution < 1.29 is 14.3 Å². The summed E-state index contributed by atoms with van der Waals surface area (Å²) >= 11 is 0. The molecule has 5 heteroatoms. The smallest absolute Gasteiger partial charge is 0.261 e. The predicted molar refractivity (Wildman–Crippen MR) is 71.4 cm³/mol. The monoisotopic (exact) mass is 260 g/mol. The molecule has 2 rings (SSSR count). The van der Waals surface area contributed by atoms with Gasteiger partial charge in [-0.2, -0.15) is 0 Å². The molecule has 0 saturated carbocycles. The fourth-order valence-corrected chi connectivity index (χ4v) is 1.95. The number of rotatable bonds is 5. The van der Waals surface area contributed by atoms with Crippen molar-refractivity contribution in [1.29, 1.82) is 0 Å². The molecule has 1 aliphatic heterocycles. The van der Waals surface area contributed by atoms with Gasteiger partial charge in [-0.15, -0.1) is 0 Å². The average Bonchev–Trinajstić information content (AvgIpc) is 2.69. The van der Waals surface area contributed by atoms with Gasteiger partial charge in [0.1, 0.15) is 5.75 Å². The molecular weight excluding hydrogens is 244 g/mol. The van der Waals surface area contributed by atoms with Gasteiger partial charge < -0.3 is 10.5 Å². The van der Waals surface area contributed by atoms with E-state index in [-0.39, 0.29) is 24.9 Å². The first-order valence-electron chi connectivity index (χ1n) is 6.18. The molecule has 0 aliphatic carbocycles. The van der Waals surface area contributed by atoms with Crippen molar-refractivity contribution in [2.24, 2.45) is 5.73 Å². The van der Waals surface area contributed by atoms with E-state index in [0.717, 1.165) is 10.6 Å². The highest BCUT2D eigenvalue weighted by molar-refractivity contribution is 6.33. The lowest BCUT2D eigenvalue weighted by atomic mass is 10.1. The summed E-state index contributed by atoms with van der Waals surface area (Å²) in [5.41, 5.74) is 6.50. The first-order valence-corrected chi connectivity index (χ1v) is 6.18. The Hall–Kier alpha value is -2.14.